The Balaban J connectivity index is 2.88. The van der Waals surface area contributed by atoms with Gasteiger partial charge >= 0.3 is 0 Å². The molecule has 2 aromatic rings. The Morgan fingerprint density at radius 3 is 2.24 bits per heavy atom. The van der Waals surface area contributed by atoms with Gasteiger partial charge in [-0.1, -0.05) is 36.5 Å². The first-order chi connectivity index (χ1) is 9.93. The standard InChI is InChI=1S/C14H11N3O3S/c15-13(18)9-5-3-6-10(14(16)21)12(9)8-4-1-2-7-11(8)17(19)20/h1-7H,(H2,15,18)(H2,16,21). The largest absolute Gasteiger partial charge is 0.389 e. The third-order valence-corrected chi connectivity index (χ3v) is 3.19. The van der Waals surface area contributed by atoms with Crippen LogP contribution in [0.2, 0.25) is 0 Å². The van der Waals surface area contributed by atoms with Crippen molar-refractivity contribution < 1.29 is 9.72 Å². The van der Waals surface area contributed by atoms with Gasteiger partial charge in [0.05, 0.1) is 10.5 Å². The van der Waals surface area contributed by atoms with E-state index >= 15 is 0 Å². The monoisotopic (exact) mass is 301 g/mol. The summed E-state index contributed by atoms with van der Waals surface area (Å²) in [6.45, 7) is 0. The summed E-state index contributed by atoms with van der Waals surface area (Å²) in [7, 11) is 0. The molecule has 21 heavy (non-hydrogen) atoms. The van der Waals surface area contributed by atoms with Crippen molar-refractivity contribution >= 4 is 28.8 Å². The van der Waals surface area contributed by atoms with Gasteiger partial charge in [-0.3, -0.25) is 14.9 Å². The zero-order chi connectivity index (χ0) is 15.6. The van der Waals surface area contributed by atoms with E-state index in [2.05, 4.69) is 0 Å². The molecule has 4 N–H and O–H groups in total. The fraction of sp³-hybridized carbons (Fsp3) is 0. The molecule has 6 nitrogen and oxygen atoms in total. The van der Waals surface area contributed by atoms with Gasteiger partial charge in [-0.15, -0.1) is 0 Å². The number of hydrogen-bond donors (Lipinski definition) is 2. The molecule has 106 valence electrons. The fourth-order valence-corrected chi connectivity index (χ4v) is 2.27. The molecule has 0 aromatic heterocycles. The van der Waals surface area contributed by atoms with Crippen LogP contribution in [0.4, 0.5) is 5.69 Å². The highest BCUT2D eigenvalue weighted by atomic mass is 32.1. The Morgan fingerprint density at radius 2 is 1.67 bits per heavy atom. The van der Waals surface area contributed by atoms with Gasteiger partial charge in [-0.25, -0.2) is 0 Å². The molecule has 1 amide bonds. The Hall–Kier alpha value is -2.80. The van der Waals surface area contributed by atoms with Crippen molar-refractivity contribution in [1.29, 1.82) is 0 Å². The molecule has 0 atom stereocenters. The maximum Gasteiger partial charge on any atom is 0.277 e. The number of primary amides is 1. The van der Waals surface area contributed by atoms with Gasteiger partial charge in [0.2, 0.25) is 5.91 Å². The Kier molecular flexibility index (Phi) is 3.95. The van der Waals surface area contributed by atoms with E-state index in [-0.39, 0.29) is 27.4 Å². The second-order valence-corrected chi connectivity index (χ2v) is 4.67. The lowest BCUT2D eigenvalue weighted by molar-refractivity contribution is -0.384. The minimum absolute atomic E-state index is 0.0336. The summed E-state index contributed by atoms with van der Waals surface area (Å²) in [5.41, 5.74) is 11.9. The Bertz CT molecular complexity index is 727. The molecule has 7 heteroatoms. The lowest BCUT2D eigenvalue weighted by atomic mass is 9.92. The highest BCUT2D eigenvalue weighted by Crippen LogP contribution is 2.34. The molecule has 0 saturated carbocycles. The summed E-state index contributed by atoms with van der Waals surface area (Å²) < 4.78 is 0. The van der Waals surface area contributed by atoms with Crippen LogP contribution in [0.25, 0.3) is 11.1 Å². The molecular weight excluding hydrogens is 290 g/mol. The topological polar surface area (TPSA) is 112 Å². The van der Waals surface area contributed by atoms with Gasteiger partial charge in [0.1, 0.15) is 4.99 Å². The summed E-state index contributed by atoms with van der Waals surface area (Å²) in [6, 6.07) is 10.7. The van der Waals surface area contributed by atoms with Crippen LogP contribution in [0, 0.1) is 10.1 Å². The summed E-state index contributed by atoms with van der Waals surface area (Å²) in [4.78, 5) is 22.3. The molecule has 0 heterocycles. The first-order valence-corrected chi connectivity index (χ1v) is 6.30. The van der Waals surface area contributed by atoms with Crippen LogP contribution in [-0.4, -0.2) is 15.8 Å². The van der Waals surface area contributed by atoms with E-state index < -0.39 is 10.8 Å². The fourth-order valence-electron chi connectivity index (χ4n) is 2.10. The van der Waals surface area contributed by atoms with Crippen molar-refractivity contribution in [2.75, 3.05) is 0 Å². The van der Waals surface area contributed by atoms with Crippen LogP contribution in [0.15, 0.2) is 42.5 Å². The normalized spacial score (nSPS) is 10.1. The Labute approximate surface area is 125 Å². The molecule has 0 aliphatic carbocycles. The molecule has 0 bridgehead atoms. The maximum absolute atomic E-state index is 11.6. The van der Waals surface area contributed by atoms with Crippen LogP contribution >= 0.6 is 12.2 Å². The van der Waals surface area contributed by atoms with E-state index in [9.17, 15) is 14.9 Å². The Morgan fingerprint density at radius 1 is 1.05 bits per heavy atom. The minimum atomic E-state index is -0.707. The highest BCUT2D eigenvalue weighted by molar-refractivity contribution is 7.80. The van der Waals surface area contributed by atoms with Crippen molar-refractivity contribution in [3.05, 3.63) is 63.7 Å². The minimum Gasteiger partial charge on any atom is -0.389 e. The van der Waals surface area contributed by atoms with Gasteiger partial charge in [0.15, 0.2) is 0 Å². The van der Waals surface area contributed by atoms with Crippen molar-refractivity contribution in [3.8, 4) is 11.1 Å². The average molecular weight is 301 g/mol. The summed E-state index contributed by atoms with van der Waals surface area (Å²) in [6.07, 6.45) is 0. The van der Waals surface area contributed by atoms with E-state index in [1.165, 1.54) is 24.3 Å². The lowest BCUT2D eigenvalue weighted by Gasteiger charge is -2.12. The van der Waals surface area contributed by atoms with Crippen LogP contribution in [0.3, 0.4) is 0 Å². The molecule has 2 rings (SSSR count). The number of nitro benzene ring substituents is 1. The maximum atomic E-state index is 11.6. The molecule has 0 radical (unpaired) electrons. The zero-order valence-corrected chi connectivity index (χ0v) is 11.6. The molecule has 0 aliphatic rings. The number of amides is 1. The predicted octanol–water partition coefficient (Wildman–Crippen LogP) is 1.99. The van der Waals surface area contributed by atoms with Crippen LogP contribution < -0.4 is 11.5 Å². The second-order valence-electron chi connectivity index (χ2n) is 4.23. The van der Waals surface area contributed by atoms with Crippen molar-refractivity contribution in [1.82, 2.24) is 0 Å². The van der Waals surface area contributed by atoms with Crippen molar-refractivity contribution in [2.45, 2.75) is 0 Å². The van der Waals surface area contributed by atoms with E-state index in [1.807, 2.05) is 0 Å². The highest BCUT2D eigenvalue weighted by Gasteiger charge is 2.22. The van der Waals surface area contributed by atoms with E-state index in [0.717, 1.165) is 0 Å². The number of thiocarbonyl (C=S) groups is 1. The number of nitro groups is 1. The molecule has 2 aromatic carbocycles. The number of nitrogens with two attached hydrogens (primary N) is 2. The molecule has 0 saturated heterocycles. The first kappa shape index (κ1) is 14.6. The SMILES string of the molecule is NC(=O)c1cccc(C(N)=S)c1-c1ccccc1[N+](=O)[O-]. The molecule has 0 aliphatic heterocycles. The first-order valence-electron chi connectivity index (χ1n) is 5.90. The molecular formula is C14H11N3O3S. The quantitative estimate of drug-likeness (QED) is 0.509. The summed E-state index contributed by atoms with van der Waals surface area (Å²) >= 11 is 4.96. The van der Waals surface area contributed by atoms with E-state index in [1.54, 1.807) is 18.2 Å². The second kappa shape index (κ2) is 5.68. The third kappa shape index (κ3) is 2.72. The lowest BCUT2D eigenvalue weighted by Crippen LogP contribution is -2.17. The summed E-state index contributed by atoms with van der Waals surface area (Å²) in [5.74, 6) is -0.707. The predicted molar refractivity (Wildman–Crippen MR) is 82.9 cm³/mol. The van der Waals surface area contributed by atoms with Crippen LogP contribution in [0.5, 0.6) is 0 Å². The van der Waals surface area contributed by atoms with Gasteiger partial charge in [0.25, 0.3) is 5.69 Å². The van der Waals surface area contributed by atoms with Crippen LogP contribution in [-0.2, 0) is 0 Å². The number of nitrogens with zero attached hydrogens (tertiary/aromatic N) is 1. The number of para-hydroxylation sites is 1. The average Bonchev–Trinajstić information content (AvgIpc) is 2.46. The molecule has 0 spiro atoms. The molecule has 0 unspecified atom stereocenters. The third-order valence-electron chi connectivity index (χ3n) is 2.97. The van der Waals surface area contributed by atoms with E-state index in [4.69, 9.17) is 23.7 Å². The summed E-state index contributed by atoms with van der Waals surface area (Å²) in [5, 5.41) is 11.2. The van der Waals surface area contributed by atoms with Gasteiger partial charge in [-0.05, 0) is 12.1 Å². The number of hydrogen-bond acceptors (Lipinski definition) is 4. The van der Waals surface area contributed by atoms with E-state index in [0.29, 0.717) is 5.56 Å². The number of rotatable bonds is 4. The van der Waals surface area contributed by atoms with Gasteiger partial charge in [-0.2, -0.15) is 0 Å². The van der Waals surface area contributed by atoms with Gasteiger partial charge < -0.3 is 11.5 Å². The molecule has 0 fully saturated rings. The van der Waals surface area contributed by atoms with Crippen molar-refractivity contribution in [3.63, 3.8) is 0 Å². The smallest absolute Gasteiger partial charge is 0.277 e. The number of benzene rings is 2. The zero-order valence-electron chi connectivity index (χ0n) is 10.8. The number of carbonyl (C=O) groups is 1. The number of carbonyl (C=O) groups excluding carboxylic acids is 1. The van der Waals surface area contributed by atoms with Crippen LogP contribution in [0.1, 0.15) is 15.9 Å². The van der Waals surface area contributed by atoms with Gasteiger partial charge in [0, 0.05) is 22.8 Å². The van der Waals surface area contributed by atoms with Crippen molar-refractivity contribution in [2.24, 2.45) is 11.5 Å².